The molecule has 0 radical (unpaired) electrons. The van der Waals surface area contributed by atoms with Gasteiger partial charge in [0.05, 0.1) is 0 Å². The standard InChI is InChI=1S/C15H12O2.C13H20O.C10H14O.C9H7ClO.C6H15N/c16-15(17-14-9-5-2-6-10-14)12-11-13-7-3-1-4-8-13;1-4-10(2)9-11(3)12-5-7-13(14)8-6-12;1-3-8(2)9-4-6-10(11)7-5-9;10-9(11)7-6-8-4-2-1-3-5-8;1-4-7(5-2)6-3/h1-12H;5-8,10-11,14H,4,9H2,1-3H3;4-8,11H,3H2,1-2H3;1-7H;4-6H2,1-3H3/b12-11+;;;7-6+;. The molecule has 0 aliphatic rings. The number of hydrogen-bond donors (Lipinski definition) is 2. The molecule has 0 aromatic heterocycles. The first-order valence-corrected chi connectivity index (χ1v) is 21.5. The lowest BCUT2D eigenvalue weighted by Gasteiger charge is -2.16. The highest BCUT2D eigenvalue weighted by atomic mass is 35.5. The number of nitrogens with zero attached hydrogens (tertiary/aromatic N) is 1. The number of halogens is 1. The Morgan fingerprint density at radius 1 is 0.567 bits per heavy atom. The molecule has 2 N–H and O–H groups in total. The Balaban J connectivity index is 0.000000386. The van der Waals surface area contributed by atoms with Crippen molar-refractivity contribution in [1.82, 2.24) is 4.90 Å². The van der Waals surface area contributed by atoms with Crippen molar-refractivity contribution >= 4 is 35.0 Å². The molecule has 5 rings (SSSR count). The first kappa shape index (κ1) is 52.6. The predicted octanol–water partition coefficient (Wildman–Crippen LogP) is 14.0. The van der Waals surface area contributed by atoms with Crippen LogP contribution in [0.1, 0.15) is 109 Å². The minimum atomic E-state index is -0.450. The molecular formula is C53H68ClNO5. The van der Waals surface area contributed by atoms with E-state index in [2.05, 4.69) is 60.3 Å². The molecule has 7 heteroatoms. The van der Waals surface area contributed by atoms with Crippen LogP contribution in [0.5, 0.6) is 17.2 Å². The lowest BCUT2D eigenvalue weighted by Crippen LogP contribution is -2.21. The number of phenols is 2. The fourth-order valence-electron chi connectivity index (χ4n) is 5.51. The van der Waals surface area contributed by atoms with E-state index in [1.165, 1.54) is 55.8 Å². The zero-order chi connectivity index (χ0) is 44.5. The number of para-hydroxylation sites is 1. The number of carbonyl (C=O) groups excluding carboxylic acids is 2. The summed E-state index contributed by atoms with van der Waals surface area (Å²) in [4.78, 5) is 24.1. The molecule has 0 fully saturated rings. The SMILES string of the molecule is CCC(C)CC(C)c1ccc(O)cc1.CCC(C)c1ccc(O)cc1.CCN(CC)CC.O=C(/C=C/c1ccccc1)Oc1ccccc1.O=C(Cl)/C=C/c1ccccc1. The van der Waals surface area contributed by atoms with Gasteiger partial charge in [-0.25, -0.2) is 4.79 Å². The molecule has 0 spiro atoms. The summed E-state index contributed by atoms with van der Waals surface area (Å²) < 4.78 is 5.11. The van der Waals surface area contributed by atoms with Gasteiger partial charge in [-0.3, -0.25) is 4.79 Å². The lowest BCUT2D eigenvalue weighted by atomic mass is 9.90. The summed E-state index contributed by atoms with van der Waals surface area (Å²) in [5, 5.41) is 17.7. The third kappa shape index (κ3) is 25.1. The van der Waals surface area contributed by atoms with E-state index in [4.69, 9.17) is 26.6 Å². The average Bonchev–Trinajstić information content (AvgIpc) is 3.27. The highest BCUT2D eigenvalue weighted by Crippen LogP contribution is 2.26. The number of carbonyl (C=O) groups is 2. The van der Waals surface area contributed by atoms with Gasteiger partial charge in [-0.05, 0) is 133 Å². The van der Waals surface area contributed by atoms with Gasteiger partial charge in [0.2, 0.25) is 5.24 Å². The number of esters is 1. The van der Waals surface area contributed by atoms with Crippen LogP contribution in [0.15, 0.2) is 152 Å². The molecule has 5 aromatic carbocycles. The molecule has 3 unspecified atom stereocenters. The van der Waals surface area contributed by atoms with Crippen LogP contribution in [0.2, 0.25) is 0 Å². The molecule has 0 saturated heterocycles. The van der Waals surface area contributed by atoms with Gasteiger partial charge in [0, 0.05) is 6.08 Å². The summed E-state index contributed by atoms with van der Waals surface area (Å²) >= 11 is 5.10. The maximum atomic E-state index is 11.5. The predicted molar refractivity (Wildman–Crippen MR) is 255 cm³/mol. The Kier molecular flexibility index (Phi) is 28.4. The van der Waals surface area contributed by atoms with Crippen LogP contribution in [-0.4, -0.2) is 46.0 Å². The van der Waals surface area contributed by atoms with Crippen LogP contribution >= 0.6 is 11.6 Å². The van der Waals surface area contributed by atoms with Crippen LogP contribution in [0, 0.1) is 5.92 Å². The smallest absolute Gasteiger partial charge is 0.336 e. The monoisotopic (exact) mass is 833 g/mol. The summed E-state index contributed by atoms with van der Waals surface area (Å²) in [6.07, 6.45) is 9.76. The summed E-state index contributed by atoms with van der Waals surface area (Å²) in [5.74, 6) is 2.83. The van der Waals surface area contributed by atoms with Gasteiger partial charge < -0.3 is 19.8 Å². The molecule has 0 bridgehead atoms. The average molecular weight is 835 g/mol. The van der Waals surface area contributed by atoms with Gasteiger partial charge in [0.25, 0.3) is 0 Å². The van der Waals surface area contributed by atoms with Crippen molar-refractivity contribution in [2.45, 2.75) is 86.5 Å². The van der Waals surface area contributed by atoms with Gasteiger partial charge >= 0.3 is 5.97 Å². The van der Waals surface area contributed by atoms with Crippen molar-refractivity contribution < 1.29 is 24.5 Å². The highest BCUT2D eigenvalue weighted by Gasteiger charge is 2.09. The summed E-state index contributed by atoms with van der Waals surface area (Å²) in [6, 6.07) is 43.1. The zero-order valence-corrected chi connectivity index (χ0v) is 37.8. The molecule has 0 amide bonds. The van der Waals surface area contributed by atoms with E-state index in [0.717, 1.165) is 23.5 Å². The van der Waals surface area contributed by atoms with Gasteiger partial charge in [-0.15, -0.1) is 0 Å². The molecule has 0 aliphatic heterocycles. The first-order valence-electron chi connectivity index (χ1n) is 21.1. The van der Waals surface area contributed by atoms with E-state index in [9.17, 15) is 9.59 Å². The minimum Gasteiger partial charge on any atom is -0.508 e. The summed E-state index contributed by atoms with van der Waals surface area (Å²) in [7, 11) is 0. The van der Waals surface area contributed by atoms with E-state index in [1.54, 1.807) is 48.6 Å². The Morgan fingerprint density at radius 2 is 0.967 bits per heavy atom. The second kappa shape index (κ2) is 32.4. The minimum absolute atomic E-state index is 0.344. The van der Waals surface area contributed by atoms with E-state index in [1.807, 2.05) is 103 Å². The Morgan fingerprint density at radius 3 is 1.33 bits per heavy atom. The number of aromatic hydroxyl groups is 2. The number of rotatable bonds is 14. The molecular weight excluding hydrogens is 766 g/mol. The first-order chi connectivity index (χ1) is 28.8. The number of hydrogen-bond acceptors (Lipinski definition) is 6. The maximum Gasteiger partial charge on any atom is 0.336 e. The van der Waals surface area contributed by atoms with Crippen LogP contribution in [0.4, 0.5) is 0 Å². The van der Waals surface area contributed by atoms with Crippen LogP contribution in [0.25, 0.3) is 12.2 Å². The highest BCUT2D eigenvalue weighted by molar-refractivity contribution is 6.66. The number of allylic oxidation sites excluding steroid dienone is 1. The van der Waals surface area contributed by atoms with E-state index >= 15 is 0 Å². The molecule has 0 aliphatic carbocycles. The van der Waals surface area contributed by atoms with Crippen molar-refractivity contribution in [3.8, 4) is 17.2 Å². The largest absolute Gasteiger partial charge is 0.508 e. The van der Waals surface area contributed by atoms with Crippen LogP contribution in [-0.2, 0) is 9.59 Å². The molecule has 60 heavy (non-hydrogen) atoms. The van der Waals surface area contributed by atoms with E-state index in [-0.39, 0.29) is 5.97 Å². The maximum absolute atomic E-state index is 11.5. The van der Waals surface area contributed by atoms with Crippen molar-refractivity contribution in [2.24, 2.45) is 5.92 Å². The van der Waals surface area contributed by atoms with Crippen molar-refractivity contribution in [1.29, 1.82) is 0 Å². The lowest BCUT2D eigenvalue weighted by molar-refractivity contribution is -0.128. The second-order valence-corrected chi connectivity index (χ2v) is 14.7. The zero-order valence-electron chi connectivity index (χ0n) is 37.0. The Labute approximate surface area is 366 Å². The molecule has 5 aromatic rings. The number of benzene rings is 5. The van der Waals surface area contributed by atoms with Crippen molar-refractivity contribution in [3.63, 3.8) is 0 Å². The quantitative estimate of drug-likeness (QED) is 0.0501. The number of ether oxygens (including phenoxy) is 1. The fraction of sp³-hybridized carbons (Fsp3) is 0.321. The number of phenolic OH excluding ortho intramolecular Hbond substituents is 2. The van der Waals surface area contributed by atoms with Crippen LogP contribution in [0.3, 0.4) is 0 Å². The van der Waals surface area contributed by atoms with Gasteiger partial charge in [0.1, 0.15) is 17.2 Å². The molecule has 322 valence electrons. The molecule has 6 nitrogen and oxygen atoms in total. The summed E-state index contributed by atoms with van der Waals surface area (Å²) in [5.41, 5.74) is 4.56. The van der Waals surface area contributed by atoms with E-state index < -0.39 is 5.24 Å². The summed E-state index contributed by atoms with van der Waals surface area (Å²) in [6.45, 7) is 21.2. The van der Waals surface area contributed by atoms with Gasteiger partial charge in [-0.1, -0.05) is 171 Å². The van der Waals surface area contributed by atoms with Crippen molar-refractivity contribution in [2.75, 3.05) is 19.6 Å². The van der Waals surface area contributed by atoms with Crippen LogP contribution < -0.4 is 4.74 Å². The second-order valence-electron chi connectivity index (χ2n) is 14.3. The van der Waals surface area contributed by atoms with E-state index in [0.29, 0.717) is 29.1 Å². The van der Waals surface area contributed by atoms with Crippen molar-refractivity contribution in [3.05, 3.63) is 174 Å². The molecule has 0 heterocycles. The topological polar surface area (TPSA) is 87.1 Å². The molecule has 0 saturated carbocycles. The Bertz CT molecular complexity index is 1870. The third-order valence-electron chi connectivity index (χ3n) is 9.71. The Hall–Kier alpha value is -5.43. The third-order valence-corrected chi connectivity index (χ3v) is 9.84. The fourth-order valence-corrected chi connectivity index (χ4v) is 5.57. The normalized spacial score (nSPS) is 11.9. The molecule has 3 atom stereocenters. The van der Waals surface area contributed by atoms with Gasteiger partial charge in [0.15, 0.2) is 0 Å². The van der Waals surface area contributed by atoms with Gasteiger partial charge in [-0.2, -0.15) is 0 Å².